The van der Waals surface area contributed by atoms with Gasteiger partial charge in [0.05, 0.1) is 5.57 Å². The van der Waals surface area contributed by atoms with Gasteiger partial charge in [0, 0.05) is 25.3 Å². The minimum absolute atomic E-state index is 0.0314. The van der Waals surface area contributed by atoms with Crippen molar-refractivity contribution in [3.63, 3.8) is 0 Å². The number of nitrogen functional groups attached to an aromatic ring is 1. The maximum absolute atomic E-state index is 12.5. The molecule has 30 heavy (non-hydrogen) atoms. The molecule has 1 heterocycles. The Morgan fingerprint density at radius 2 is 1.87 bits per heavy atom. The summed E-state index contributed by atoms with van der Waals surface area (Å²) in [5.74, 6) is 0.363. The molecule has 0 bridgehead atoms. The van der Waals surface area contributed by atoms with E-state index in [1.165, 1.54) is 0 Å². The Balaban J connectivity index is 1.87. The number of benzene rings is 2. The second kappa shape index (κ2) is 8.84. The van der Waals surface area contributed by atoms with Gasteiger partial charge in [-0.15, -0.1) is 0 Å². The van der Waals surface area contributed by atoms with E-state index in [2.05, 4.69) is 26.3 Å². The number of anilines is 3. The fraction of sp³-hybridized carbons (Fsp3) is 0.136. The van der Waals surface area contributed by atoms with E-state index < -0.39 is 0 Å². The van der Waals surface area contributed by atoms with Gasteiger partial charge in [-0.2, -0.15) is 20.2 Å². The number of carbonyl (C=O) groups excluding carboxylic acids is 1. The summed E-state index contributed by atoms with van der Waals surface area (Å²) < 4.78 is 0. The molecule has 2 aromatic carbocycles. The summed E-state index contributed by atoms with van der Waals surface area (Å²) in [6, 6.07) is 16.6. The number of aryl methyl sites for hydroxylation is 1. The predicted octanol–water partition coefficient (Wildman–Crippen LogP) is 3.14. The lowest BCUT2D eigenvalue weighted by atomic mass is 10.1. The molecule has 0 radical (unpaired) electrons. The number of rotatable bonds is 5. The first-order chi connectivity index (χ1) is 14.4. The number of hydrogen-bond acceptors (Lipinski definition) is 7. The Labute approximate surface area is 174 Å². The number of hydrogen-bond donors (Lipinski definition) is 2. The number of carbonyl (C=O) groups is 1. The van der Waals surface area contributed by atoms with Crippen molar-refractivity contribution in [1.82, 2.24) is 15.0 Å². The number of nitrogens with one attached hydrogen (secondary N) is 1. The molecule has 8 nitrogen and oxygen atoms in total. The van der Waals surface area contributed by atoms with Crippen LogP contribution in [0.3, 0.4) is 0 Å². The third-order valence-corrected chi connectivity index (χ3v) is 4.17. The molecular formula is C22H21N7O. The van der Waals surface area contributed by atoms with E-state index in [1.54, 1.807) is 55.4 Å². The molecule has 0 atom stereocenters. The largest absolute Gasteiger partial charge is 0.368 e. The van der Waals surface area contributed by atoms with Gasteiger partial charge in [0.15, 0.2) is 5.82 Å². The lowest BCUT2D eigenvalue weighted by Crippen LogP contribution is -2.15. The number of nitrogens with two attached hydrogens (primary N) is 1. The molecule has 0 saturated heterocycles. The van der Waals surface area contributed by atoms with Gasteiger partial charge in [0.2, 0.25) is 11.9 Å². The van der Waals surface area contributed by atoms with Crippen molar-refractivity contribution in [3.05, 3.63) is 71.0 Å². The highest BCUT2D eigenvalue weighted by Gasteiger charge is 2.11. The monoisotopic (exact) mass is 399 g/mol. The summed E-state index contributed by atoms with van der Waals surface area (Å²) in [6.45, 7) is 1.96. The van der Waals surface area contributed by atoms with Crippen molar-refractivity contribution in [2.24, 2.45) is 0 Å². The number of allylic oxidation sites excluding steroid dienone is 1. The summed E-state index contributed by atoms with van der Waals surface area (Å²) in [4.78, 5) is 26.5. The van der Waals surface area contributed by atoms with Gasteiger partial charge in [-0.1, -0.05) is 29.8 Å². The van der Waals surface area contributed by atoms with Gasteiger partial charge in [-0.05, 0) is 42.8 Å². The van der Waals surface area contributed by atoms with E-state index in [9.17, 15) is 10.1 Å². The molecule has 0 saturated carbocycles. The number of nitriles is 1. The highest BCUT2D eigenvalue weighted by molar-refractivity contribution is 6.04. The maximum atomic E-state index is 12.5. The topological polar surface area (TPSA) is 121 Å². The van der Waals surface area contributed by atoms with Crippen molar-refractivity contribution >= 4 is 35.1 Å². The first kappa shape index (κ1) is 20.5. The third-order valence-electron chi connectivity index (χ3n) is 4.17. The van der Waals surface area contributed by atoms with E-state index in [0.717, 1.165) is 5.56 Å². The van der Waals surface area contributed by atoms with Gasteiger partial charge in [-0.25, -0.2) is 0 Å². The molecule has 150 valence electrons. The quantitative estimate of drug-likeness (QED) is 0.632. The Hall–Kier alpha value is -4.25. The summed E-state index contributed by atoms with van der Waals surface area (Å²) in [7, 11) is 3.54. The van der Waals surface area contributed by atoms with Gasteiger partial charge in [0.25, 0.3) is 5.91 Å². The fourth-order valence-electron chi connectivity index (χ4n) is 2.63. The smallest absolute Gasteiger partial charge is 0.255 e. The van der Waals surface area contributed by atoms with Crippen LogP contribution in [0.4, 0.5) is 17.6 Å². The molecule has 1 aromatic heterocycles. The number of aromatic nitrogens is 3. The standard InChI is InChI=1S/C22H21N7O/c1-14-7-9-16(10-8-14)20(30)25-18-6-4-5-15(12-18)11-17(13-23)19-26-21(24)28-22(27-19)29(2)3/h4-12H,1-3H3,(H,25,30)(H2,24,26,27,28)/b17-11+. The van der Waals surface area contributed by atoms with E-state index >= 15 is 0 Å². The molecule has 0 aliphatic rings. The van der Waals surface area contributed by atoms with Gasteiger partial charge in [0.1, 0.15) is 6.07 Å². The van der Waals surface area contributed by atoms with E-state index in [-0.39, 0.29) is 23.3 Å². The van der Waals surface area contributed by atoms with Crippen molar-refractivity contribution in [1.29, 1.82) is 5.26 Å². The molecule has 0 unspecified atom stereocenters. The summed E-state index contributed by atoms with van der Waals surface area (Å²) in [5, 5.41) is 12.5. The van der Waals surface area contributed by atoms with Crippen LogP contribution in [0, 0.1) is 18.3 Å². The van der Waals surface area contributed by atoms with Crippen LogP contribution < -0.4 is 16.0 Å². The highest BCUT2D eigenvalue weighted by Crippen LogP contribution is 2.20. The molecule has 0 fully saturated rings. The van der Waals surface area contributed by atoms with Gasteiger partial charge < -0.3 is 16.0 Å². The summed E-state index contributed by atoms with van der Waals surface area (Å²) in [5.41, 5.74) is 8.95. The van der Waals surface area contributed by atoms with Crippen molar-refractivity contribution in [3.8, 4) is 6.07 Å². The fourth-order valence-corrected chi connectivity index (χ4v) is 2.63. The molecular weight excluding hydrogens is 378 g/mol. The number of amides is 1. The highest BCUT2D eigenvalue weighted by atomic mass is 16.1. The molecule has 0 aliphatic heterocycles. The van der Waals surface area contributed by atoms with Crippen LogP contribution in [0.5, 0.6) is 0 Å². The molecule has 0 aliphatic carbocycles. The Morgan fingerprint density at radius 3 is 2.53 bits per heavy atom. The third kappa shape index (κ3) is 4.97. The lowest BCUT2D eigenvalue weighted by Gasteiger charge is -2.11. The van der Waals surface area contributed by atoms with Crippen LogP contribution in [-0.4, -0.2) is 35.0 Å². The van der Waals surface area contributed by atoms with Crippen LogP contribution in [-0.2, 0) is 0 Å². The number of nitrogens with zero attached hydrogens (tertiary/aromatic N) is 5. The zero-order chi connectivity index (χ0) is 21.7. The molecule has 1 amide bonds. The summed E-state index contributed by atoms with van der Waals surface area (Å²) in [6.07, 6.45) is 1.63. The van der Waals surface area contributed by atoms with Crippen LogP contribution in [0.1, 0.15) is 27.3 Å². The van der Waals surface area contributed by atoms with E-state index in [1.807, 2.05) is 25.1 Å². The maximum Gasteiger partial charge on any atom is 0.255 e. The predicted molar refractivity (Wildman–Crippen MR) is 118 cm³/mol. The molecule has 8 heteroatoms. The first-order valence-corrected chi connectivity index (χ1v) is 9.15. The zero-order valence-electron chi connectivity index (χ0n) is 16.9. The molecule has 3 rings (SSSR count). The SMILES string of the molecule is Cc1ccc(C(=O)Nc2cccc(/C=C(\C#N)c3nc(N)nc(N(C)C)n3)c2)cc1. The minimum atomic E-state index is -0.211. The molecule has 3 N–H and O–H groups in total. The van der Waals surface area contributed by atoms with E-state index in [4.69, 9.17) is 5.73 Å². The zero-order valence-corrected chi connectivity index (χ0v) is 16.9. The lowest BCUT2D eigenvalue weighted by molar-refractivity contribution is 0.102. The van der Waals surface area contributed by atoms with E-state index in [0.29, 0.717) is 22.8 Å². The van der Waals surface area contributed by atoms with Crippen molar-refractivity contribution < 1.29 is 4.79 Å². The average molecular weight is 399 g/mol. The second-order valence-corrected chi connectivity index (χ2v) is 6.83. The minimum Gasteiger partial charge on any atom is -0.368 e. The Bertz CT molecular complexity index is 1140. The normalized spacial score (nSPS) is 10.9. The van der Waals surface area contributed by atoms with Crippen LogP contribution in [0.2, 0.25) is 0 Å². The van der Waals surface area contributed by atoms with Crippen molar-refractivity contribution in [2.45, 2.75) is 6.92 Å². The molecule has 3 aromatic rings. The van der Waals surface area contributed by atoms with Crippen LogP contribution in [0.15, 0.2) is 48.5 Å². The molecule has 0 spiro atoms. The van der Waals surface area contributed by atoms with Gasteiger partial charge in [-0.3, -0.25) is 4.79 Å². The van der Waals surface area contributed by atoms with Crippen molar-refractivity contribution in [2.75, 3.05) is 30.0 Å². The Kier molecular flexibility index (Phi) is 6.03. The average Bonchev–Trinajstić information content (AvgIpc) is 2.72. The Morgan fingerprint density at radius 1 is 1.13 bits per heavy atom. The second-order valence-electron chi connectivity index (χ2n) is 6.83. The van der Waals surface area contributed by atoms with Gasteiger partial charge >= 0.3 is 0 Å². The first-order valence-electron chi connectivity index (χ1n) is 9.15. The van der Waals surface area contributed by atoms with Crippen LogP contribution >= 0.6 is 0 Å². The summed E-state index contributed by atoms with van der Waals surface area (Å²) >= 11 is 0. The van der Waals surface area contributed by atoms with Crippen LogP contribution in [0.25, 0.3) is 11.6 Å².